The summed E-state index contributed by atoms with van der Waals surface area (Å²) in [6.45, 7) is 0.291. The van der Waals surface area contributed by atoms with Gasteiger partial charge < -0.3 is 10.1 Å². The van der Waals surface area contributed by atoms with Gasteiger partial charge in [0.2, 0.25) is 0 Å². The first kappa shape index (κ1) is 11.9. The Hall–Kier alpha value is -2.17. The van der Waals surface area contributed by atoms with Crippen molar-refractivity contribution in [3.05, 3.63) is 59.4 Å². The molecule has 98 valence electrons. The number of fused-ring (bicyclic) bond motifs is 1. The summed E-state index contributed by atoms with van der Waals surface area (Å²) in [5, 5.41) is 2.97. The molecular formula is C14H10F3NO. The van der Waals surface area contributed by atoms with Crippen LogP contribution in [-0.2, 0) is 0 Å². The maximum Gasteiger partial charge on any atom is 0.144 e. The zero-order valence-electron chi connectivity index (χ0n) is 9.79. The van der Waals surface area contributed by atoms with Crippen LogP contribution in [0, 0.1) is 17.5 Å². The van der Waals surface area contributed by atoms with E-state index in [1.807, 2.05) is 0 Å². The molecule has 1 aliphatic rings. The SMILES string of the molecule is Fc1ccc(C2CNc3cc(F)ccc3O2)c(F)c1. The molecule has 5 heteroatoms. The predicted molar refractivity (Wildman–Crippen MR) is 64.6 cm³/mol. The molecule has 2 nitrogen and oxygen atoms in total. The van der Waals surface area contributed by atoms with E-state index in [0.29, 0.717) is 18.0 Å². The Balaban J connectivity index is 1.91. The van der Waals surface area contributed by atoms with Gasteiger partial charge in [-0.05, 0) is 24.3 Å². The van der Waals surface area contributed by atoms with Crippen molar-refractivity contribution in [1.82, 2.24) is 0 Å². The van der Waals surface area contributed by atoms with Crippen LogP contribution < -0.4 is 10.1 Å². The van der Waals surface area contributed by atoms with Crippen LogP contribution in [-0.4, -0.2) is 6.54 Å². The van der Waals surface area contributed by atoms with E-state index in [9.17, 15) is 13.2 Å². The summed E-state index contributed by atoms with van der Waals surface area (Å²) in [5.41, 5.74) is 0.794. The van der Waals surface area contributed by atoms with E-state index in [1.54, 1.807) is 0 Å². The van der Waals surface area contributed by atoms with Crippen molar-refractivity contribution in [1.29, 1.82) is 0 Å². The minimum absolute atomic E-state index is 0.267. The first-order valence-corrected chi connectivity index (χ1v) is 5.78. The lowest BCUT2D eigenvalue weighted by Crippen LogP contribution is -2.24. The van der Waals surface area contributed by atoms with Crippen molar-refractivity contribution in [3.63, 3.8) is 0 Å². The van der Waals surface area contributed by atoms with E-state index >= 15 is 0 Å². The molecule has 0 aromatic heterocycles. The van der Waals surface area contributed by atoms with Crippen molar-refractivity contribution < 1.29 is 17.9 Å². The monoisotopic (exact) mass is 265 g/mol. The van der Waals surface area contributed by atoms with Crippen molar-refractivity contribution in [2.24, 2.45) is 0 Å². The van der Waals surface area contributed by atoms with Crippen LogP contribution >= 0.6 is 0 Å². The number of rotatable bonds is 1. The van der Waals surface area contributed by atoms with Crippen molar-refractivity contribution in [2.45, 2.75) is 6.10 Å². The second kappa shape index (κ2) is 4.50. The number of ether oxygens (including phenoxy) is 1. The Morgan fingerprint density at radius 3 is 2.53 bits per heavy atom. The van der Waals surface area contributed by atoms with Crippen LogP contribution in [0.1, 0.15) is 11.7 Å². The molecule has 0 saturated heterocycles. The molecule has 1 N–H and O–H groups in total. The van der Waals surface area contributed by atoms with Gasteiger partial charge in [-0.25, -0.2) is 13.2 Å². The molecule has 0 bridgehead atoms. The second-order valence-electron chi connectivity index (χ2n) is 4.29. The van der Waals surface area contributed by atoms with Gasteiger partial charge >= 0.3 is 0 Å². The fourth-order valence-electron chi connectivity index (χ4n) is 2.08. The highest BCUT2D eigenvalue weighted by atomic mass is 19.1. The summed E-state index contributed by atoms with van der Waals surface area (Å²) in [5.74, 6) is -1.22. The molecule has 0 radical (unpaired) electrons. The lowest BCUT2D eigenvalue weighted by Gasteiger charge is -2.27. The molecule has 2 aromatic rings. The third-order valence-corrected chi connectivity index (χ3v) is 3.00. The van der Waals surface area contributed by atoms with Gasteiger partial charge in [-0.2, -0.15) is 0 Å². The molecule has 0 spiro atoms. The van der Waals surface area contributed by atoms with Crippen LogP contribution in [0.4, 0.5) is 18.9 Å². The number of anilines is 1. The smallest absolute Gasteiger partial charge is 0.144 e. The average molecular weight is 265 g/mol. The van der Waals surface area contributed by atoms with Gasteiger partial charge in [0, 0.05) is 17.7 Å². The quantitative estimate of drug-likeness (QED) is 0.849. The fraction of sp³-hybridized carbons (Fsp3) is 0.143. The van der Waals surface area contributed by atoms with E-state index in [2.05, 4.69) is 5.32 Å². The van der Waals surface area contributed by atoms with Crippen LogP contribution in [0.3, 0.4) is 0 Å². The zero-order valence-corrected chi connectivity index (χ0v) is 9.79. The molecule has 2 aromatic carbocycles. The van der Waals surface area contributed by atoms with Crippen molar-refractivity contribution >= 4 is 5.69 Å². The summed E-state index contributed by atoms with van der Waals surface area (Å²) in [6.07, 6.45) is -0.571. The van der Waals surface area contributed by atoms with Crippen LogP contribution in [0.5, 0.6) is 5.75 Å². The summed E-state index contributed by atoms with van der Waals surface area (Å²) in [7, 11) is 0. The molecule has 0 aliphatic carbocycles. The van der Waals surface area contributed by atoms with E-state index in [0.717, 1.165) is 6.07 Å². The number of benzene rings is 2. The molecule has 1 aliphatic heterocycles. The lowest BCUT2D eigenvalue weighted by atomic mass is 10.1. The van der Waals surface area contributed by atoms with Crippen LogP contribution in [0.2, 0.25) is 0 Å². The van der Waals surface area contributed by atoms with Gasteiger partial charge in [0.05, 0.1) is 12.2 Å². The molecule has 19 heavy (non-hydrogen) atoms. The molecule has 0 amide bonds. The van der Waals surface area contributed by atoms with Crippen LogP contribution in [0.15, 0.2) is 36.4 Å². The van der Waals surface area contributed by atoms with E-state index < -0.39 is 17.7 Å². The van der Waals surface area contributed by atoms with Gasteiger partial charge in [-0.3, -0.25) is 0 Å². The molecular weight excluding hydrogens is 255 g/mol. The summed E-state index contributed by atoms with van der Waals surface area (Å²) in [4.78, 5) is 0. The maximum atomic E-state index is 13.7. The normalized spacial score (nSPS) is 17.3. The Morgan fingerprint density at radius 1 is 1.00 bits per heavy atom. The Kier molecular flexibility index (Phi) is 2.81. The minimum atomic E-state index is -0.655. The third-order valence-electron chi connectivity index (χ3n) is 3.00. The van der Waals surface area contributed by atoms with E-state index in [-0.39, 0.29) is 11.4 Å². The van der Waals surface area contributed by atoms with Gasteiger partial charge in [0.1, 0.15) is 29.3 Å². The molecule has 1 heterocycles. The first-order chi connectivity index (χ1) is 9.13. The van der Waals surface area contributed by atoms with E-state index in [4.69, 9.17) is 4.74 Å². The molecule has 1 unspecified atom stereocenters. The predicted octanol–water partition coefficient (Wildman–Crippen LogP) is 3.65. The highest BCUT2D eigenvalue weighted by Gasteiger charge is 2.23. The number of hydrogen-bond donors (Lipinski definition) is 1. The highest BCUT2D eigenvalue weighted by molar-refractivity contribution is 5.58. The number of hydrogen-bond acceptors (Lipinski definition) is 2. The van der Waals surface area contributed by atoms with Crippen molar-refractivity contribution in [3.8, 4) is 5.75 Å². The summed E-state index contributed by atoms with van der Waals surface area (Å²) < 4.78 is 45.2. The van der Waals surface area contributed by atoms with Crippen molar-refractivity contribution in [2.75, 3.05) is 11.9 Å². The molecule has 1 atom stereocenters. The maximum absolute atomic E-state index is 13.7. The molecule has 3 rings (SSSR count). The van der Waals surface area contributed by atoms with Gasteiger partial charge in [0.15, 0.2) is 0 Å². The largest absolute Gasteiger partial charge is 0.482 e. The summed E-state index contributed by atoms with van der Waals surface area (Å²) >= 11 is 0. The molecule has 0 fully saturated rings. The van der Waals surface area contributed by atoms with Gasteiger partial charge in [0.25, 0.3) is 0 Å². The topological polar surface area (TPSA) is 21.3 Å². The Labute approximate surface area is 107 Å². The number of halogens is 3. The molecule has 0 saturated carbocycles. The third kappa shape index (κ3) is 2.23. The van der Waals surface area contributed by atoms with Crippen LogP contribution in [0.25, 0.3) is 0 Å². The van der Waals surface area contributed by atoms with Gasteiger partial charge in [-0.1, -0.05) is 0 Å². The minimum Gasteiger partial charge on any atom is -0.482 e. The Morgan fingerprint density at radius 2 is 1.74 bits per heavy atom. The standard InChI is InChI=1S/C14H10F3NO/c15-8-1-3-10(11(17)5-8)14-7-18-12-6-9(16)2-4-13(12)19-14/h1-6,14,18H,7H2. The van der Waals surface area contributed by atoms with E-state index in [1.165, 1.54) is 30.3 Å². The highest BCUT2D eigenvalue weighted by Crippen LogP contribution is 2.35. The fourth-order valence-corrected chi connectivity index (χ4v) is 2.08. The number of nitrogens with one attached hydrogen (secondary N) is 1. The summed E-state index contributed by atoms with van der Waals surface area (Å²) in [6, 6.07) is 7.41. The second-order valence-corrected chi connectivity index (χ2v) is 4.29. The first-order valence-electron chi connectivity index (χ1n) is 5.78. The lowest BCUT2D eigenvalue weighted by molar-refractivity contribution is 0.205. The Bertz CT molecular complexity index is 630. The average Bonchev–Trinajstić information content (AvgIpc) is 2.38. The zero-order chi connectivity index (χ0) is 13.4. The van der Waals surface area contributed by atoms with Gasteiger partial charge in [-0.15, -0.1) is 0 Å².